The lowest BCUT2D eigenvalue weighted by atomic mass is 10.1. The molecule has 0 aliphatic rings. The van der Waals surface area contributed by atoms with E-state index in [4.69, 9.17) is 11.6 Å². The molecule has 0 atom stereocenters. The van der Waals surface area contributed by atoms with E-state index in [2.05, 4.69) is 20.7 Å². The summed E-state index contributed by atoms with van der Waals surface area (Å²) in [5, 5.41) is 24.9. The summed E-state index contributed by atoms with van der Waals surface area (Å²) in [6, 6.07) is 21.3. The van der Waals surface area contributed by atoms with Crippen molar-refractivity contribution in [3.8, 4) is 17.1 Å². The highest BCUT2D eigenvalue weighted by atomic mass is 35.5. The number of benzene rings is 3. The first-order valence-electron chi connectivity index (χ1n) is 10.8. The number of aromatic nitrogens is 3. The highest BCUT2D eigenvalue weighted by Gasteiger charge is 2.17. The average molecular weight is 521 g/mol. The van der Waals surface area contributed by atoms with E-state index < -0.39 is 4.92 Å². The van der Waals surface area contributed by atoms with Gasteiger partial charge in [-0.1, -0.05) is 65.3 Å². The first-order chi connectivity index (χ1) is 17.3. The molecule has 0 saturated heterocycles. The van der Waals surface area contributed by atoms with Crippen molar-refractivity contribution in [3.05, 3.63) is 99.1 Å². The Morgan fingerprint density at radius 2 is 1.83 bits per heavy atom. The van der Waals surface area contributed by atoms with Gasteiger partial charge in [-0.2, -0.15) is 5.10 Å². The third-order valence-electron chi connectivity index (χ3n) is 5.18. The number of carbonyl (C=O) groups is 1. The lowest BCUT2D eigenvalue weighted by molar-refractivity contribution is -0.384. The number of rotatable bonds is 8. The number of amides is 1. The van der Waals surface area contributed by atoms with Crippen LogP contribution in [0.1, 0.15) is 18.1 Å². The topological polar surface area (TPSA) is 115 Å². The Kier molecular flexibility index (Phi) is 7.77. The maximum Gasteiger partial charge on any atom is 0.270 e. The summed E-state index contributed by atoms with van der Waals surface area (Å²) in [6.07, 6.45) is 0. The zero-order valence-corrected chi connectivity index (χ0v) is 21.0. The minimum atomic E-state index is -0.478. The number of nitrogens with zero attached hydrogens (tertiary/aromatic N) is 5. The van der Waals surface area contributed by atoms with Crippen LogP contribution in [-0.4, -0.2) is 37.1 Å². The van der Waals surface area contributed by atoms with Crippen LogP contribution in [0.3, 0.4) is 0 Å². The molecule has 11 heteroatoms. The minimum Gasteiger partial charge on any atom is -0.272 e. The second-order valence-electron chi connectivity index (χ2n) is 7.81. The molecule has 0 bridgehead atoms. The van der Waals surface area contributed by atoms with Gasteiger partial charge in [0.25, 0.3) is 11.6 Å². The van der Waals surface area contributed by atoms with Gasteiger partial charge in [0, 0.05) is 34.0 Å². The van der Waals surface area contributed by atoms with Crippen LogP contribution < -0.4 is 5.43 Å². The van der Waals surface area contributed by atoms with Crippen molar-refractivity contribution in [2.24, 2.45) is 5.10 Å². The van der Waals surface area contributed by atoms with E-state index in [1.165, 1.54) is 23.9 Å². The second kappa shape index (κ2) is 11.1. The third-order valence-corrected chi connectivity index (χ3v) is 6.36. The van der Waals surface area contributed by atoms with Gasteiger partial charge < -0.3 is 0 Å². The Morgan fingerprint density at radius 1 is 1.11 bits per heavy atom. The summed E-state index contributed by atoms with van der Waals surface area (Å²) in [5.41, 5.74) is 6.26. The lowest BCUT2D eigenvalue weighted by Gasteiger charge is -2.10. The van der Waals surface area contributed by atoms with Gasteiger partial charge in [-0.3, -0.25) is 19.5 Å². The van der Waals surface area contributed by atoms with E-state index in [1.54, 1.807) is 31.2 Å². The van der Waals surface area contributed by atoms with Crippen molar-refractivity contribution in [2.75, 3.05) is 5.75 Å². The van der Waals surface area contributed by atoms with Crippen LogP contribution in [0.25, 0.3) is 17.1 Å². The summed E-state index contributed by atoms with van der Waals surface area (Å²) < 4.78 is 1.87. The zero-order valence-electron chi connectivity index (χ0n) is 19.4. The molecule has 9 nitrogen and oxygen atoms in total. The largest absolute Gasteiger partial charge is 0.272 e. The molecule has 1 amide bonds. The van der Waals surface area contributed by atoms with Crippen molar-refractivity contribution >= 4 is 40.7 Å². The van der Waals surface area contributed by atoms with Crippen molar-refractivity contribution < 1.29 is 9.72 Å². The molecule has 4 aromatic rings. The molecule has 0 saturated carbocycles. The monoisotopic (exact) mass is 520 g/mol. The van der Waals surface area contributed by atoms with E-state index in [0.29, 0.717) is 27.3 Å². The molecule has 4 rings (SSSR count). The molecular weight excluding hydrogens is 500 g/mol. The smallest absolute Gasteiger partial charge is 0.270 e. The number of nitro benzene ring substituents is 1. The van der Waals surface area contributed by atoms with Gasteiger partial charge in [-0.15, -0.1) is 10.2 Å². The molecule has 36 heavy (non-hydrogen) atoms. The Bertz CT molecular complexity index is 1440. The maximum absolute atomic E-state index is 12.5. The molecular formula is C25H21ClN6O3S. The summed E-state index contributed by atoms with van der Waals surface area (Å²) in [4.78, 5) is 23.0. The number of hydrazone groups is 1. The summed E-state index contributed by atoms with van der Waals surface area (Å²) in [7, 11) is 0. The number of nitro groups is 1. The summed E-state index contributed by atoms with van der Waals surface area (Å²) >= 11 is 7.29. The highest BCUT2D eigenvalue weighted by Crippen LogP contribution is 2.28. The lowest BCUT2D eigenvalue weighted by Crippen LogP contribution is -2.21. The van der Waals surface area contributed by atoms with Gasteiger partial charge in [-0.05, 0) is 38.1 Å². The van der Waals surface area contributed by atoms with E-state index in [1.807, 2.05) is 47.9 Å². The van der Waals surface area contributed by atoms with Gasteiger partial charge in [0.1, 0.15) is 0 Å². The standard InChI is InChI=1S/C25H21ClN6O3S/c1-16-6-8-18(9-7-16)24-29-30-25(31(24)21-12-10-20(26)11-13-21)36-15-23(33)28-27-17(2)19-4-3-5-22(14-19)32(34)35/h3-14H,15H2,1-2H3,(H,28,33)/b27-17-. The normalized spacial score (nSPS) is 11.4. The predicted octanol–water partition coefficient (Wildman–Crippen LogP) is 5.44. The Balaban J connectivity index is 1.52. The minimum absolute atomic E-state index is 0.0331. The van der Waals surface area contributed by atoms with Gasteiger partial charge in [-0.25, -0.2) is 5.43 Å². The number of non-ortho nitro benzene ring substituents is 1. The van der Waals surface area contributed by atoms with Crippen LogP contribution in [0.15, 0.2) is 83.1 Å². The first kappa shape index (κ1) is 25.1. The van der Waals surface area contributed by atoms with Gasteiger partial charge in [0.05, 0.1) is 16.4 Å². The quantitative estimate of drug-likeness (QED) is 0.143. The Morgan fingerprint density at radius 3 is 2.53 bits per heavy atom. The SMILES string of the molecule is C/C(=N/NC(=O)CSc1nnc(-c2ccc(C)cc2)n1-c1ccc(Cl)cc1)c1cccc([N+](=O)[O-])c1. The zero-order chi connectivity index (χ0) is 25.7. The molecule has 182 valence electrons. The number of hydrogen-bond acceptors (Lipinski definition) is 7. The number of hydrogen-bond donors (Lipinski definition) is 1. The van der Waals surface area contributed by atoms with Crippen molar-refractivity contribution in [3.63, 3.8) is 0 Å². The fraction of sp³-hybridized carbons (Fsp3) is 0.120. The number of thioether (sulfide) groups is 1. The van der Waals surface area contributed by atoms with Crippen molar-refractivity contribution in [2.45, 2.75) is 19.0 Å². The van der Waals surface area contributed by atoms with Crippen LogP contribution in [0.5, 0.6) is 0 Å². The molecule has 0 fully saturated rings. The highest BCUT2D eigenvalue weighted by molar-refractivity contribution is 7.99. The average Bonchev–Trinajstić information content (AvgIpc) is 3.31. The van der Waals surface area contributed by atoms with Gasteiger partial charge >= 0.3 is 0 Å². The number of carbonyl (C=O) groups excluding carboxylic acids is 1. The van der Waals surface area contributed by atoms with E-state index >= 15 is 0 Å². The second-order valence-corrected chi connectivity index (χ2v) is 9.19. The molecule has 0 radical (unpaired) electrons. The van der Waals surface area contributed by atoms with Crippen LogP contribution >= 0.6 is 23.4 Å². The molecule has 1 heterocycles. The fourth-order valence-corrected chi connectivity index (χ4v) is 4.16. The van der Waals surface area contributed by atoms with Crippen LogP contribution in [0, 0.1) is 17.0 Å². The third kappa shape index (κ3) is 5.96. The van der Waals surface area contributed by atoms with Gasteiger partial charge in [0.2, 0.25) is 0 Å². The van der Waals surface area contributed by atoms with E-state index in [0.717, 1.165) is 16.8 Å². The first-order valence-corrected chi connectivity index (χ1v) is 12.2. The predicted molar refractivity (Wildman–Crippen MR) is 141 cm³/mol. The molecule has 1 N–H and O–H groups in total. The molecule has 0 spiro atoms. The fourth-order valence-electron chi connectivity index (χ4n) is 3.29. The summed E-state index contributed by atoms with van der Waals surface area (Å²) in [5.74, 6) is 0.317. The number of nitrogens with one attached hydrogen (secondary N) is 1. The number of halogens is 1. The molecule has 3 aromatic carbocycles. The Labute approximate surface area is 216 Å². The van der Waals surface area contributed by atoms with Crippen LogP contribution in [-0.2, 0) is 4.79 Å². The van der Waals surface area contributed by atoms with Crippen LogP contribution in [0.4, 0.5) is 5.69 Å². The van der Waals surface area contributed by atoms with E-state index in [9.17, 15) is 14.9 Å². The van der Waals surface area contributed by atoms with Crippen molar-refractivity contribution in [1.82, 2.24) is 20.2 Å². The van der Waals surface area contributed by atoms with Gasteiger partial charge in [0.15, 0.2) is 11.0 Å². The maximum atomic E-state index is 12.5. The van der Waals surface area contributed by atoms with Crippen molar-refractivity contribution in [1.29, 1.82) is 0 Å². The molecule has 0 unspecified atom stereocenters. The molecule has 1 aromatic heterocycles. The van der Waals surface area contributed by atoms with Crippen LogP contribution in [0.2, 0.25) is 5.02 Å². The molecule has 0 aliphatic carbocycles. The van der Waals surface area contributed by atoms with E-state index in [-0.39, 0.29) is 17.3 Å². The number of aryl methyl sites for hydroxylation is 1. The molecule has 0 aliphatic heterocycles. The summed E-state index contributed by atoms with van der Waals surface area (Å²) in [6.45, 7) is 3.67. The Hall–Kier alpha value is -4.02.